The van der Waals surface area contributed by atoms with E-state index in [4.69, 9.17) is 4.98 Å². The van der Waals surface area contributed by atoms with Gasteiger partial charge in [0.1, 0.15) is 5.69 Å². The maximum atomic E-state index is 4.70. The summed E-state index contributed by atoms with van der Waals surface area (Å²) in [6.45, 7) is 5.89. The summed E-state index contributed by atoms with van der Waals surface area (Å²) >= 11 is 0. The number of aryl methyl sites for hydroxylation is 1. The van der Waals surface area contributed by atoms with Gasteiger partial charge in [-0.15, -0.1) is 0 Å². The number of allylic oxidation sites excluding steroid dienone is 2. The second-order valence-electron chi connectivity index (χ2n) is 5.99. The zero-order valence-corrected chi connectivity index (χ0v) is 14.7. The number of hydrogen-bond acceptors (Lipinski definition) is 3. The van der Waals surface area contributed by atoms with Crippen LogP contribution in [0.2, 0.25) is 0 Å². The highest BCUT2D eigenvalue weighted by Gasteiger charge is 2.08. The third kappa shape index (κ3) is 3.61. The average molecular weight is 328 g/mol. The summed E-state index contributed by atoms with van der Waals surface area (Å²) in [6.07, 6.45) is 7.49. The van der Waals surface area contributed by atoms with Crippen LogP contribution in [0.25, 0.3) is 28.0 Å². The van der Waals surface area contributed by atoms with E-state index in [-0.39, 0.29) is 0 Å². The van der Waals surface area contributed by atoms with Crippen LogP contribution in [0.5, 0.6) is 0 Å². The van der Waals surface area contributed by atoms with Crippen LogP contribution < -0.4 is 0 Å². The minimum absolute atomic E-state index is 0.778. The van der Waals surface area contributed by atoms with E-state index < -0.39 is 0 Å². The molecule has 0 aliphatic heterocycles. The van der Waals surface area contributed by atoms with Crippen LogP contribution in [0.1, 0.15) is 11.3 Å². The van der Waals surface area contributed by atoms with E-state index >= 15 is 0 Å². The van der Waals surface area contributed by atoms with Gasteiger partial charge in [0.15, 0.2) is 0 Å². The van der Waals surface area contributed by atoms with Gasteiger partial charge >= 0.3 is 0 Å². The molecule has 0 aliphatic carbocycles. The highest BCUT2D eigenvalue weighted by molar-refractivity contribution is 5.76. The van der Waals surface area contributed by atoms with Crippen molar-refractivity contribution < 1.29 is 0 Å². The monoisotopic (exact) mass is 328 g/mol. The molecule has 25 heavy (non-hydrogen) atoms. The number of aromatic amines is 1. The number of benzene rings is 1. The maximum absolute atomic E-state index is 4.70. The molecular weight excluding hydrogens is 308 g/mol. The van der Waals surface area contributed by atoms with E-state index in [9.17, 15) is 0 Å². The molecule has 3 rings (SSSR count). The highest BCUT2D eigenvalue weighted by atomic mass is 15.1. The van der Waals surface area contributed by atoms with Gasteiger partial charge in [0, 0.05) is 37.6 Å². The molecule has 0 bridgehead atoms. The molecule has 2 heterocycles. The molecule has 0 unspecified atom stereocenters. The lowest BCUT2D eigenvalue weighted by molar-refractivity contribution is 0.566. The SMILES string of the molecule is C=C/C(=C\N(C)C)c1cccc(-c2c#cc(-c3cn[nH]c3)c(C)n2)c1. The third-order valence-corrected chi connectivity index (χ3v) is 3.82. The van der Waals surface area contributed by atoms with Crippen molar-refractivity contribution in [3.8, 4) is 22.4 Å². The van der Waals surface area contributed by atoms with Crippen LogP contribution in [0.15, 0.2) is 55.5 Å². The maximum Gasteiger partial charge on any atom is 0.121 e. The summed E-state index contributed by atoms with van der Waals surface area (Å²) in [7, 11) is 3.99. The minimum atomic E-state index is 0.778. The van der Waals surface area contributed by atoms with E-state index in [1.54, 1.807) is 6.20 Å². The number of H-pyrrole nitrogens is 1. The normalized spacial score (nSPS) is 11.1. The first-order chi connectivity index (χ1) is 12.1. The van der Waals surface area contributed by atoms with Gasteiger partial charge in [-0.1, -0.05) is 36.9 Å². The number of rotatable bonds is 5. The molecule has 0 spiro atoms. The second-order valence-corrected chi connectivity index (χ2v) is 5.99. The van der Waals surface area contributed by atoms with Gasteiger partial charge in [0.05, 0.1) is 17.5 Å². The molecule has 1 aromatic carbocycles. The lowest BCUT2D eigenvalue weighted by Gasteiger charge is -2.10. The smallest absolute Gasteiger partial charge is 0.121 e. The summed E-state index contributed by atoms with van der Waals surface area (Å²) in [4.78, 5) is 6.71. The lowest BCUT2D eigenvalue weighted by atomic mass is 10.0. The fourth-order valence-electron chi connectivity index (χ4n) is 2.64. The molecule has 0 atom stereocenters. The Bertz CT molecular complexity index is 905. The van der Waals surface area contributed by atoms with E-state index in [2.05, 4.69) is 41.0 Å². The van der Waals surface area contributed by atoms with Crippen molar-refractivity contribution in [2.24, 2.45) is 0 Å². The molecule has 0 aliphatic rings. The molecule has 0 amide bonds. The molecule has 4 heteroatoms. The summed E-state index contributed by atoms with van der Waals surface area (Å²) in [5.74, 6) is 0. The fourth-order valence-corrected chi connectivity index (χ4v) is 2.64. The van der Waals surface area contributed by atoms with Crippen molar-refractivity contribution in [2.45, 2.75) is 6.92 Å². The van der Waals surface area contributed by atoms with Crippen LogP contribution >= 0.6 is 0 Å². The Kier molecular flexibility index (Phi) is 4.67. The molecule has 0 radical (unpaired) electrons. The second kappa shape index (κ2) is 7.06. The minimum Gasteiger partial charge on any atom is -0.383 e. The summed E-state index contributed by atoms with van der Waals surface area (Å²) in [5.41, 5.74) is 6.70. The first-order valence-corrected chi connectivity index (χ1v) is 8.00. The number of hydrogen-bond donors (Lipinski definition) is 1. The van der Waals surface area contributed by atoms with Gasteiger partial charge in [0.2, 0.25) is 0 Å². The Morgan fingerprint density at radius 2 is 2.08 bits per heavy atom. The Hall–Kier alpha value is -3.32. The first-order valence-electron chi connectivity index (χ1n) is 8.00. The van der Waals surface area contributed by atoms with Gasteiger partial charge in [-0.25, -0.2) is 4.98 Å². The average Bonchev–Trinajstić information content (AvgIpc) is 3.14. The van der Waals surface area contributed by atoms with Gasteiger partial charge in [0.25, 0.3) is 0 Å². The van der Waals surface area contributed by atoms with E-state index in [1.807, 2.05) is 56.5 Å². The van der Waals surface area contributed by atoms with Crippen molar-refractivity contribution in [1.29, 1.82) is 0 Å². The van der Waals surface area contributed by atoms with Crippen molar-refractivity contribution >= 4 is 5.57 Å². The molecule has 0 saturated heterocycles. The van der Waals surface area contributed by atoms with Crippen LogP contribution in [0, 0.1) is 19.1 Å². The molecule has 0 fully saturated rings. The standard InChI is InChI=1S/C21H20N4/c1-5-16(14-25(3)4)17-7-6-8-18(11-17)21-10-9-20(15(2)24-21)19-12-22-23-13-19/h5-8,11-14H,1H2,2-4H3,(H,22,23)/b16-14+. The van der Waals surface area contributed by atoms with Gasteiger partial charge in [-0.05, 0) is 30.2 Å². The van der Waals surface area contributed by atoms with E-state index in [0.29, 0.717) is 0 Å². The number of nitrogens with zero attached hydrogens (tertiary/aromatic N) is 3. The van der Waals surface area contributed by atoms with Crippen molar-refractivity contribution in [2.75, 3.05) is 14.1 Å². The molecule has 4 nitrogen and oxygen atoms in total. The Labute approximate surface area is 148 Å². The predicted octanol–water partition coefficient (Wildman–Crippen LogP) is 4.14. The lowest BCUT2D eigenvalue weighted by Crippen LogP contribution is -2.02. The predicted molar refractivity (Wildman–Crippen MR) is 102 cm³/mol. The Balaban J connectivity index is 1.99. The molecule has 3 aromatic rings. The van der Waals surface area contributed by atoms with Crippen LogP contribution in [-0.4, -0.2) is 34.2 Å². The van der Waals surface area contributed by atoms with E-state index in [1.165, 1.54) is 0 Å². The highest BCUT2D eigenvalue weighted by Crippen LogP contribution is 2.25. The number of aromatic nitrogens is 3. The quantitative estimate of drug-likeness (QED) is 0.716. The molecule has 2 aromatic heterocycles. The van der Waals surface area contributed by atoms with Gasteiger partial charge in [-0.3, -0.25) is 5.10 Å². The number of nitrogens with one attached hydrogen (secondary N) is 1. The van der Waals surface area contributed by atoms with Gasteiger partial charge < -0.3 is 4.90 Å². The summed E-state index contributed by atoms with van der Waals surface area (Å²) in [5, 5.41) is 6.79. The zero-order valence-electron chi connectivity index (χ0n) is 14.7. The zero-order chi connectivity index (χ0) is 17.8. The summed E-state index contributed by atoms with van der Waals surface area (Å²) < 4.78 is 0. The molecular formula is C21H20N4. The van der Waals surface area contributed by atoms with Crippen LogP contribution in [-0.2, 0) is 0 Å². The molecule has 0 saturated carbocycles. The Morgan fingerprint density at radius 1 is 1.24 bits per heavy atom. The Morgan fingerprint density at radius 3 is 2.72 bits per heavy atom. The topological polar surface area (TPSA) is 44.8 Å². The van der Waals surface area contributed by atoms with E-state index in [0.717, 1.165) is 39.2 Å². The van der Waals surface area contributed by atoms with Crippen LogP contribution in [0.3, 0.4) is 0 Å². The van der Waals surface area contributed by atoms with Crippen molar-refractivity contribution in [1.82, 2.24) is 20.1 Å². The molecule has 1 N–H and O–H groups in total. The van der Waals surface area contributed by atoms with Crippen molar-refractivity contribution in [3.63, 3.8) is 0 Å². The summed E-state index contributed by atoms with van der Waals surface area (Å²) in [6, 6.07) is 14.6. The molecule has 124 valence electrons. The first kappa shape index (κ1) is 16.5. The third-order valence-electron chi connectivity index (χ3n) is 3.82. The largest absolute Gasteiger partial charge is 0.383 e. The van der Waals surface area contributed by atoms with Gasteiger partial charge in [-0.2, -0.15) is 5.10 Å². The van der Waals surface area contributed by atoms with Crippen molar-refractivity contribution in [3.05, 3.63) is 78.9 Å². The fraction of sp³-hybridized carbons (Fsp3) is 0.143. The van der Waals surface area contributed by atoms with Crippen LogP contribution in [0.4, 0.5) is 0 Å².